The van der Waals surface area contributed by atoms with Crippen LogP contribution in [0.1, 0.15) is 55.7 Å². The van der Waals surface area contributed by atoms with E-state index in [-0.39, 0.29) is 16.9 Å². The van der Waals surface area contributed by atoms with Crippen LogP contribution in [0.25, 0.3) is 10.9 Å². The zero-order chi connectivity index (χ0) is 26.3. The Morgan fingerprint density at radius 2 is 1.81 bits per heavy atom. The van der Waals surface area contributed by atoms with Gasteiger partial charge < -0.3 is 9.88 Å². The average molecular weight is 504 g/mol. The summed E-state index contributed by atoms with van der Waals surface area (Å²) in [5, 5.41) is 13.8. The molecular formula is C28H34FN7O. The van der Waals surface area contributed by atoms with Gasteiger partial charge in [-0.1, -0.05) is 30.7 Å². The van der Waals surface area contributed by atoms with Gasteiger partial charge in [-0.05, 0) is 79.8 Å². The molecule has 1 fully saturated rings. The van der Waals surface area contributed by atoms with Crippen molar-refractivity contribution in [3.05, 3.63) is 81.2 Å². The number of nitrogens with zero attached hydrogens (tertiary/aromatic N) is 6. The Bertz CT molecular complexity index is 1480. The SMILES string of the molecule is CCC(C)(C)n1nnnc1[C@H](c1cc2cc(C)cc(C)c2[nH]c1=O)N1CCN(c2ccccc2F)CC1. The van der Waals surface area contributed by atoms with Crippen molar-refractivity contribution in [2.75, 3.05) is 31.1 Å². The first-order chi connectivity index (χ1) is 17.7. The summed E-state index contributed by atoms with van der Waals surface area (Å²) in [4.78, 5) is 21.0. The molecule has 2 aromatic carbocycles. The largest absolute Gasteiger partial charge is 0.367 e. The van der Waals surface area contributed by atoms with Crippen molar-refractivity contribution in [1.82, 2.24) is 30.1 Å². The Kier molecular flexibility index (Phi) is 6.58. The number of benzene rings is 2. The second-order valence-electron chi connectivity index (χ2n) is 10.6. The van der Waals surface area contributed by atoms with Crippen LogP contribution in [0, 0.1) is 19.7 Å². The van der Waals surface area contributed by atoms with E-state index in [0.29, 0.717) is 43.3 Å². The number of aromatic amines is 1. The summed E-state index contributed by atoms with van der Waals surface area (Å²) >= 11 is 0. The highest BCUT2D eigenvalue weighted by Gasteiger charge is 2.36. The molecule has 5 rings (SSSR count). The molecule has 1 aliphatic rings. The zero-order valence-corrected chi connectivity index (χ0v) is 22.1. The number of H-pyrrole nitrogens is 1. The molecule has 9 heteroatoms. The fraction of sp³-hybridized carbons (Fsp3) is 0.429. The molecule has 1 N–H and O–H groups in total. The molecular weight excluding hydrogens is 469 g/mol. The third-order valence-electron chi connectivity index (χ3n) is 7.67. The predicted molar refractivity (Wildman–Crippen MR) is 144 cm³/mol. The van der Waals surface area contributed by atoms with Crippen molar-refractivity contribution < 1.29 is 4.39 Å². The summed E-state index contributed by atoms with van der Waals surface area (Å²) in [5.41, 5.74) is 3.74. The third-order valence-corrected chi connectivity index (χ3v) is 7.67. The number of fused-ring (bicyclic) bond motifs is 1. The van der Waals surface area contributed by atoms with Gasteiger partial charge in [0, 0.05) is 31.7 Å². The Hall–Kier alpha value is -3.59. The van der Waals surface area contributed by atoms with Crippen LogP contribution in [-0.4, -0.2) is 56.3 Å². The Morgan fingerprint density at radius 3 is 2.51 bits per heavy atom. The van der Waals surface area contributed by atoms with E-state index in [9.17, 15) is 9.18 Å². The van der Waals surface area contributed by atoms with Crippen molar-refractivity contribution in [3.8, 4) is 0 Å². The van der Waals surface area contributed by atoms with Crippen molar-refractivity contribution in [2.45, 2.75) is 52.6 Å². The fourth-order valence-electron chi connectivity index (χ4n) is 5.28. The van der Waals surface area contributed by atoms with Crippen LogP contribution in [0.3, 0.4) is 0 Å². The third kappa shape index (κ3) is 4.64. The van der Waals surface area contributed by atoms with Crippen LogP contribution < -0.4 is 10.5 Å². The van der Waals surface area contributed by atoms with E-state index in [1.807, 2.05) is 29.8 Å². The van der Waals surface area contributed by atoms with Crippen molar-refractivity contribution in [1.29, 1.82) is 0 Å². The second-order valence-corrected chi connectivity index (χ2v) is 10.6. The molecule has 0 amide bonds. The summed E-state index contributed by atoms with van der Waals surface area (Å²) in [6.07, 6.45) is 0.825. The molecule has 8 nitrogen and oxygen atoms in total. The predicted octanol–water partition coefficient (Wildman–Crippen LogP) is 4.33. The van der Waals surface area contributed by atoms with Gasteiger partial charge in [0.1, 0.15) is 11.9 Å². The van der Waals surface area contributed by atoms with Gasteiger partial charge in [0.25, 0.3) is 5.56 Å². The highest BCUT2D eigenvalue weighted by molar-refractivity contribution is 5.83. The molecule has 1 aliphatic heterocycles. The number of nitrogens with one attached hydrogen (secondary N) is 1. The molecule has 3 heterocycles. The van der Waals surface area contributed by atoms with E-state index in [1.54, 1.807) is 6.07 Å². The molecule has 0 unspecified atom stereocenters. The first-order valence-electron chi connectivity index (χ1n) is 12.9. The average Bonchev–Trinajstić information content (AvgIpc) is 3.36. The molecule has 2 aromatic heterocycles. The summed E-state index contributed by atoms with van der Waals surface area (Å²) in [6.45, 7) is 12.9. The summed E-state index contributed by atoms with van der Waals surface area (Å²) in [7, 11) is 0. The topological polar surface area (TPSA) is 82.9 Å². The molecule has 0 saturated carbocycles. The van der Waals surface area contributed by atoms with E-state index in [0.717, 1.165) is 28.5 Å². The quantitative estimate of drug-likeness (QED) is 0.422. The number of pyridine rings is 1. The van der Waals surface area contributed by atoms with E-state index in [2.05, 4.69) is 70.1 Å². The molecule has 37 heavy (non-hydrogen) atoms. The number of aromatic nitrogens is 5. The lowest BCUT2D eigenvalue weighted by Crippen LogP contribution is -2.50. The number of rotatable bonds is 6. The highest BCUT2D eigenvalue weighted by Crippen LogP contribution is 2.32. The minimum Gasteiger partial charge on any atom is -0.367 e. The van der Waals surface area contributed by atoms with Crippen molar-refractivity contribution >= 4 is 16.6 Å². The Labute approximate surface area is 216 Å². The number of hydrogen-bond acceptors (Lipinski definition) is 6. The number of halogens is 1. The van der Waals surface area contributed by atoms with E-state index in [4.69, 9.17) is 0 Å². The lowest BCUT2D eigenvalue weighted by atomic mass is 9.98. The summed E-state index contributed by atoms with van der Waals surface area (Å²) in [6, 6.07) is 12.6. The molecule has 194 valence electrons. The molecule has 0 radical (unpaired) electrons. The molecule has 0 spiro atoms. The molecule has 1 saturated heterocycles. The lowest BCUT2D eigenvalue weighted by Gasteiger charge is -2.40. The minimum absolute atomic E-state index is 0.148. The number of hydrogen-bond donors (Lipinski definition) is 1. The van der Waals surface area contributed by atoms with Crippen LogP contribution in [0.15, 0.2) is 47.3 Å². The van der Waals surface area contributed by atoms with Gasteiger partial charge in [-0.3, -0.25) is 9.69 Å². The van der Waals surface area contributed by atoms with Gasteiger partial charge in [0.15, 0.2) is 5.82 Å². The monoisotopic (exact) mass is 503 g/mol. The summed E-state index contributed by atoms with van der Waals surface area (Å²) in [5.74, 6) is 0.415. The van der Waals surface area contributed by atoms with Crippen LogP contribution in [0.2, 0.25) is 0 Å². The zero-order valence-electron chi connectivity index (χ0n) is 22.1. The normalized spacial score (nSPS) is 15.9. The van der Waals surface area contributed by atoms with Gasteiger partial charge in [0.2, 0.25) is 0 Å². The molecule has 0 bridgehead atoms. The number of aryl methyl sites for hydroxylation is 2. The van der Waals surface area contributed by atoms with Gasteiger partial charge >= 0.3 is 0 Å². The van der Waals surface area contributed by atoms with Gasteiger partial charge in [0.05, 0.1) is 16.7 Å². The van der Waals surface area contributed by atoms with E-state index in [1.165, 1.54) is 6.07 Å². The Morgan fingerprint density at radius 1 is 1.08 bits per heavy atom. The van der Waals surface area contributed by atoms with Gasteiger partial charge in [-0.2, -0.15) is 0 Å². The molecule has 0 aliphatic carbocycles. The summed E-state index contributed by atoms with van der Waals surface area (Å²) < 4.78 is 16.3. The van der Waals surface area contributed by atoms with Gasteiger partial charge in [-0.25, -0.2) is 9.07 Å². The lowest BCUT2D eigenvalue weighted by molar-refractivity contribution is 0.186. The van der Waals surface area contributed by atoms with Crippen LogP contribution in [0.5, 0.6) is 0 Å². The van der Waals surface area contributed by atoms with Crippen molar-refractivity contribution in [2.24, 2.45) is 0 Å². The maximum absolute atomic E-state index is 14.5. The first-order valence-corrected chi connectivity index (χ1v) is 12.9. The standard InChI is InChI=1S/C28H34FN7O/c1-6-28(4,5)36-26(31-32-33-36)25(21-17-20-16-18(2)15-19(3)24(20)30-27(21)37)35-13-11-34(12-14-35)23-10-8-7-9-22(23)29/h7-10,15-17,25H,6,11-14H2,1-5H3,(H,30,37)/t25-/m0/s1. The Balaban J connectivity index is 1.59. The minimum atomic E-state index is -0.447. The number of piperazine rings is 1. The first kappa shape index (κ1) is 25.1. The van der Waals surface area contributed by atoms with Crippen LogP contribution in [0.4, 0.5) is 10.1 Å². The van der Waals surface area contributed by atoms with Crippen molar-refractivity contribution in [3.63, 3.8) is 0 Å². The van der Waals surface area contributed by atoms with Crippen LogP contribution in [-0.2, 0) is 5.54 Å². The second kappa shape index (κ2) is 9.70. The number of tetrazole rings is 1. The number of para-hydroxylation sites is 1. The van der Waals surface area contributed by atoms with E-state index < -0.39 is 6.04 Å². The molecule has 1 atom stereocenters. The van der Waals surface area contributed by atoms with Crippen LogP contribution >= 0.6 is 0 Å². The van der Waals surface area contributed by atoms with E-state index >= 15 is 0 Å². The maximum Gasteiger partial charge on any atom is 0.253 e. The smallest absolute Gasteiger partial charge is 0.253 e. The highest BCUT2D eigenvalue weighted by atomic mass is 19.1. The molecule has 4 aromatic rings. The maximum atomic E-state index is 14.5. The number of anilines is 1. The van der Waals surface area contributed by atoms with Gasteiger partial charge in [-0.15, -0.1) is 5.10 Å². The fourth-order valence-corrected chi connectivity index (χ4v) is 5.28.